The second kappa shape index (κ2) is 6.13. The van der Waals surface area contributed by atoms with E-state index in [0.29, 0.717) is 39.0 Å². The molecule has 0 bridgehead atoms. The lowest BCUT2D eigenvalue weighted by Gasteiger charge is -2.18. The Morgan fingerprint density at radius 2 is 2.22 bits per heavy atom. The first kappa shape index (κ1) is 15.7. The molecule has 0 spiro atoms. The van der Waals surface area contributed by atoms with Gasteiger partial charge in [-0.15, -0.1) is 0 Å². The third-order valence-electron chi connectivity index (χ3n) is 3.53. The smallest absolute Gasteiger partial charge is 0.259 e. The molecule has 2 radical (unpaired) electrons. The van der Waals surface area contributed by atoms with Crippen molar-refractivity contribution < 1.29 is 9.53 Å². The molecule has 2 heterocycles. The molecule has 114 valence electrons. The van der Waals surface area contributed by atoms with E-state index in [1.807, 2.05) is 0 Å². The van der Waals surface area contributed by atoms with Gasteiger partial charge >= 0.3 is 0 Å². The highest BCUT2D eigenvalue weighted by molar-refractivity contribution is 7.81. The van der Waals surface area contributed by atoms with Crippen molar-refractivity contribution in [2.45, 2.75) is 12.8 Å². The van der Waals surface area contributed by atoms with Crippen molar-refractivity contribution in [3.05, 3.63) is 46.1 Å². The Bertz CT molecular complexity index is 828. The van der Waals surface area contributed by atoms with E-state index in [9.17, 15) is 4.79 Å². The van der Waals surface area contributed by atoms with E-state index in [0.717, 1.165) is 16.7 Å². The first-order valence-corrected chi connectivity index (χ1v) is 8.04. The zero-order chi connectivity index (χ0) is 16.6. The molecular formula is C15H12BN3O2S2. The average molecular weight is 341 g/mol. The summed E-state index contributed by atoms with van der Waals surface area (Å²) in [6.45, 7) is 0. The number of ether oxygens (including phenoxy) is 1. The highest BCUT2D eigenvalue weighted by Crippen LogP contribution is 2.43. The number of hydrogen-bond donors (Lipinski definition) is 2. The van der Waals surface area contributed by atoms with E-state index in [-0.39, 0.29) is 0 Å². The molecule has 4 N–H and O–H groups in total. The molecule has 0 aliphatic heterocycles. The summed E-state index contributed by atoms with van der Waals surface area (Å²) in [6, 6.07) is 3.33. The summed E-state index contributed by atoms with van der Waals surface area (Å²) in [6.07, 6.45) is 4.34. The van der Waals surface area contributed by atoms with Gasteiger partial charge in [-0.25, -0.2) is 0 Å². The molecular weight excluding hydrogens is 329 g/mol. The zero-order valence-electron chi connectivity index (χ0n) is 12.0. The minimum Gasteiger partial charge on any atom is -0.444 e. The van der Waals surface area contributed by atoms with Gasteiger partial charge in [0.1, 0.15) is 13.6 Å². The normalized spacial score (nSPS) is 15.5. The zero-order valence-corrected chi connectivity index (χ0v) is 13.7. The number of amides is 1. The molecule has 0 fully saturated rings. The molecule has 1 amide bonds. The molecule has 0 unspecified atom stereocenters. The minimum absolute atomic E-state index is 0.396. The predicted molar refractivity (Wildman–Crippen MR) is 94.8 cm³/mol. The van der Waals surface area contributed by atoms with Crippen LogP contribution < -0.4 is 21.8 Å². The lowest BCUT2D eigenvalue weighted by atomic mass is 9.89. The summed E-state index contributed by atoms with van der Waals surface area (Å²) >= 11 is 6.68. The van der Waals surface area contributed by atoms with Crippen molar-refractivity contribution in [3.8, 4) is 10.8 Å². The van der Waals surface area contributed by atoms with E-state index < -0.39 is 5.91 Å². The molecule has 0 saturated carbocycles. The third-order valence-corrected chi connectivity index (χ3v) is 5.12. The van der Waals surface area contributed by atoms with Crippen LogP contribution in [0.1, 0.15) is 27.2 Å². The number of carbonyl (C=O) groups excluding carboxylic acids is 1. The summed E-state index contributed by atoms with van der Waals surface area (Å²) < 4.78 is 5.86. The van der Waals surface area contributed by atoms with E-state index >= 15 is 0 Å². The molecule has 23 heavy (non-hydrogen) atoms. The first-order valence-electron chi connectivity index (χ1n) is 6.81. The number of fused-ring (bicyclic) bond motifs is 1. The lowest BCUT2D eigenvalue weighted by molar-refractivity contribution is 0.100. The van der Waals surface area contributed by atoms with Crippen molar-refractivity contribution in [2.24, 2.45) is 11.5 Å². The fraction of sp³-hybridized carbons (Fsp3) is 0.133. The number of thiophene rings is 1. The van der Waals surface area contributed by atoms with Gasteiger partial charge in [-0.1, -0.05) is 23.6 Å². The number of nitrogens with two attached hydrogens (primary N) is 2. The van der Waals surface area contributed by atoms with Crippen LogP contribution in [0.25, 0.3) is 0 Å². The van der Waals surface area contributed by atoms with E-state index in [1.165, 1.54) is 23.7 Å². The number of allylic oxidation sites excluding steroid dienone is 1. The van der Waals surface area contributed by atoms with E-state index in [1.54, 1.807) is 12.1 Å². The van der Waals surface area contributed by atoms with Crippen LogP contribution in [0, 0.1) is 0 Å². The van der Waals surface area contributed by atoms with Crippen LogP contribution >= 0.6 is 23.6 Å². The number of primary amides is 1. The van der Waals surface area contributed by atoms with Gasteiger partial charge in [-0.05, 0) is 47.9 Å². The Labute approximate surface area is 143 Å². The van der Waals surface area contributed by atoms with E-state index in [2.05, 4.69) is 4.98 Å². The number of thiocarbonyl (C=S) groups is 1. The highest BCUT2D eigenvalue weighted by atomic mass is 32.1. The Kier molecular flexibility index (Phi) is 4.19. The second-order valence-electron chi connectivity index (χ2n) is 4.98. The van der Waals surface area contributed by atoms with Crippen molar-refractivity contribution in [1.82, 2.24) is 4.98 Å². The van der Waals surface area contributed by atoms with Crippen LogP contribution in [0.4, 0.5) is 0 Å². The lowest BCUT2D eigenvalue weighted by Crippen LogP contribution is -2.17. The molecule has 0 atom stereocenters. The van der Waals surface area contributed by atoms with Gasteiger partial charge in [0.15, 0.2) is 5.06 Å². The topological polar surface area (TPSA) is 91.2 Å². The maximum Gasteiger partial charge on any atom is 0.259 e. The van der Waals surface area contributed by atoms with Crippen molar-refractivity contribution in [2.75, 3.05) is 0 Å². The Morgan fingerprint density at radius 1 is 1.43 bits per heavy atom. The van der Waals surface area contributed by atoms with Gasteiger partial charge in [0.05, 0.1) is 21.5 Å². The number of pyridine rings is 1. The maximum atomic E-state index is 11.7. The molecule has 0 aromatic carbocycles. The molecule has 1 aliphatic rings. The Balaban J connectivity index is 2.08. The Hall–Kier alpha value is -2.19. The molecule has 2 aromatic rings. The van der Waals surface area contributed by atoms with Crippen LogP contribution in [-0.2, 0) is 6.42 Å². The fourth-order valence-electron chi connectivity index (χ4n) is 2.43. The number of hydrogen-bond acceptors (Lipinski definition) is 6. The van der Waals surface area contributed by atoms with E-state index in [4.69, 9.17) is 36.3 Å². The van der Waals surface area contributed by atoms with Gasteiger partial charge < -0.3 is 16.2 Å². The number of rotatable bonds is 3. The average Bonchev–Trinajstić information content (AvgIpc) is 2.90. The summed E-state index contributed by atoms with van der Waals surface area (Å²) in [5.41, 5.74) is 13.9. The summed E-state index contributed by atoms with van der Waals surface area (Å²) in [5, 5.41) is 0.518. The van der Waals surface area contributed by atoms with Crippen LogP contribution in [-0.4, -0.2) is 23.6 Å². The largest absolute Gasteiger partial charge is 0.444 e. The molecule has 3 rings (SSSR count). The van der Waals surface area contributed by atoms with Crippen molar-refractivity contribution in [3.63, 3.8) is 0 Å². The van der Waals surface area contributed by atoms with Crippen molar-refractivity contribution >= 4 is 47.8 Å². The van der Waals surface area contributed by atoms with Gasteiger partial charge in [0.2, 0.25) is 0 Å². The summed E-state index contributed by atoms with van der Waals surface area (Å²) in [4.78, 5) is 16.8. The van der Waals surface area contributed by atoms with Crippen LogP contribution in [0.2, 0.25) is 0 Å². The fourth-order valence-corrected chi connectivity index (χ4v) is 3.96. The molecule has 8 heteroatoms. The minimum atomic E-state index is -0.487. The van der Waals surface area contributed by atoms with Crippen LogP contribution in [0.15, 0.2) is 30.1 Å². The molecule has 1 aliphatic carbocycles. The van der Waals surface area contributed by atoms with Gasteiger partial charge in [0, 0.05) is 0 Å². The Morgan fingerprint density at radius 3 is 2.83 bits per heavy atom. The first-order chi connectivity index (χ1) is 11.0. The summed E-state index contributed by atoms with van der Waals surface area (Å²) in [7, 11) is 5.57. The highest BCUT2D eigenvalue weighted by Gasteiger charge is 2.30. The number of nitrogens with zero attached hydrogens (tertiary/aromatic N) is 1. The second-order valence-corrected chi connectivity index (χ2v) is 6.37. The quantitative estimate of drug-likeness (QED) is 0.499. The van der Waals surface area contributed by atoms with Gasteiger partial charge in [-0.3, -0.25) is 9.78 Å². The third kappa shape index (κ3) is 2.87. The predicted octanol–water partition coefficient (Wildman–Crippen LogP) is 1.33. The number of aromatic nitrogens is 1. The van der Waals surface area contributed by atoms with Gasteiger partial charge in [0.25, 0.3) is 5.91 Å². The van der Waals surface area contributed by atoms with Crippen LogP contribution in [0.3, 0.4) is 0 Å². The van der Waals surface area contributed by atoms with Crippen molar-refractivity contribution in [1.29, 1.82) is 0 Å². The molecule has 0 saturated heterocycles. The number of carbonyl (C=O) groups is 1. The monoisotopic (exact) mass is 341 g/mol. The standard InChI is InChI=1S/C15H12BN3O2S2/c16-10-4-2-8(6-19-10)21-15-11-9(13(23-15)14(18)20)3-1-7(5-17)12(11)22/h2,4-6H,1,3,17H2,(H2,18,20). The molecule has 2 aromatic heterocycles. The SMILES string of the molecule is [B]c1ccc(Oc2sc(C(N)=O)c3c2C(=S)C(=CN)CC3)cn1. The molecule has 5 nitrogen and oxygen atoms in total. The maximum absolute atomic E-state index is 11.7. The van der Waals surface area contributed by atoms with Crippen LogP contribution in [0.5, 0.6) is 10.8 Å². The summed E-state index contributed by atoms with van der Waals surface area (Å²) in [5.74, 6) is 0.0189. The van der Waals surface area contributed by atoms with Gasteiger partial charge in [-0.2, -0.15) is 0 Å².